The predicted molar refractivity (Wildman–Crippen MR) is 62.0 cm³/mol. The molecule has 0 N–H and O–H groups in total. The predicted octanol–water partition coefficient (Wildman–Crippen LogP) is 4.42. The second-order valence-corrected chi connectivity index (χ2v) is 4.96. The van der Waals surface area contributed by atoms with E-state index in [1.54, 1.807) is 0 Å². The first-order valence-electron chi connectivity index (χ1n) is 5.47. The molecule has 2 rings (SSSR count). The Balaban J connectivity index is 2.47. The van der Waals surface area contributed by atoms with Crippen molar-refractivity contribution in [2.24, 2.45) is 5.92 Å². The minimum Gasteiger partial charge on any atom is -0.0840 e. The van der Waals surface area contributed by atoms with Crippen LogP contribution in [-0.4, -0.2) is 0 Å². The van der Waals surface area contributed by atoms with Crippen molar-refractivity contribution in [2.75, 3.05) is 0 Å². The van der Waals surface area contributed by atoms with Gasteiger partial charge < -0.3 is 0 Å². The van der Waals surface area contributed by atoms with Crippen LogP contribution in [0.2, 0.25) is 5.02 Å². The summed E-state index contributed by atoms with van der Waals surface area (Å²) in [5.74, 6) is 1.38. The topological polar surface area (TPSA) is 0 Å². The van der Waals surface area contributed by atoms with Gasteiger partial charge in [-0.15, -0.1) is 0 Å². The van der Waals surface area contributed by atoms with Gasteiger partial charge in [0.2, 0.25) is 0 Å². The zero-order valence-electron chi connectivity index (χ0n) is 8.89. The largest absolute Gasteiger partial charge is 0.0840 e. The Morgan fingerprint density at radius 2 is 2.14 bits per heavy atom. The van der Waals surface area contributed by atoms with Crippen molar-refractivity contribution < 1.29 is 0 Å². The molecule has 0 spiro atoms. The molecule has 76 valence electrons. The summed E-state index contributed by atoms with van der Waals surface area (Å²) in [5, 5.41) is 0.973. The Kier molecular flexibility index (Phi) is 2.83. The highest BCUT2D eigenvalue weighted by Gasteiger charge is 2.24. The molecule has 1 atom stereocenters. The summed E-state index contributed by atoms with van der Waals surface area (Å²) in [5.41, 5.74) is 2.90. The monoisotopic (exact) mass is 208 g/mol. The Hall–Kier alpha value is -0.490. The van der Waals surface area contributed by atoms with Crippen LogP contribution in [-0.2, 0) is 6.42 Å². The highest BCUT2D eigenvalue weighted by Crippen LogP contribution is 2.40. The number of hydrogen-bond donors (Lipinski definition) is 0. The lowest BCUT2D eigenvalue weighted by atomic mass is 9.77. The third kappa shape index (κ3) is 1.68. The van der Waals surface area contributed by atoms with Gasteiger partial charge in [-0.25, -0.2) is 0 Å². The van der Waals surface area contributed by atoms with Crippen molar-refractivity contribution >= 4 is 11.6 Å². The van der Waals surface area contributed by atoms with Crippen LogP contribution < -0.4 is 0 Å². The summed E-state index contributed by atoms with van der Waals surface area (Å²) in [6.45, 7) is 4.59. The van der Waals surface area contributed by atoms with E-state index >= 15 is 0 Å². The number of aryl methyl sites for hydroxylation is 1. The number of hydrogen-bond acceptors (Lipinski definition) is 0. The molecule has 0 saturated heterocycles. The third-order valence-corrected chi connectivity index (χ3v) is 3.61. The van der Waals surface area contributed by atoms with Crippen LogP contribution in [0.15, 0.2) is 18.2 Å². The smallest absolute Gasteiger partial charge is 0.0443 e. The lowest BCUT2D eigenvalue weighted by Gasteiger charge is -2.29. The van der Waals surface area contributed by atoms with Gasteiger partial charge in [0.15, 0.2) is 0 Å². The first-order chi connectivity index (χ1) is 6.70. The quantitative estimate of drug-likeness (QED) is 0.641. The summed E-state index contributed by atoms with van der Waals surface area (Å²) in [7, 11) is 0. The van der Waals surface area contributed by atoms with E-state index in [9.17, 15) is 0 Å². The molecule has 0 nitrogen and oxygen atoms in total. The van der Waals surface area contributed by atoms with Gasteiger partial charge in [-0.2, -0.15) is 0 Å². The summed E-state index contributed by atoms with van der Waals surface area (Å²) in [4.78, 5) is 0. The van der Waals surface area contributed by atoms with E-state index in [4.69, 9.17) is 11.6 Å². The summed E-state index contributed by atoms with van der Waals surface area (Å²) < 4.78 is 0. The molecule has 1 heteroatoms. The number of benzene rings is 1. The highest BCUT2D eigenvalue weighted by molar-refractivity contribution is 6.31. The normalized spacial score (nSPS) is 21.0. The average Bonchev–Trinajstić information content (AvgIpc) is 2.17. The molecule has 0 aromatic heterocycles. The van der Waals surface area contributed by atoms with E-state index in [2.05, 4.69) is 26.0 Å². The number of rotatable bonds is 1. The summed E-state index contributed by atoms with van der Waals surface area (Å²) >= 11 is 6.28. The molecule has 0 bridgehead atoms. The number of halogens is 1. The molecule has 1 aromatic rings. The molecule has 1 aromatic carbocycles. The van der Waals surface area contributed by atoms with Gasteiger partial charge in [0.05, 0.1) is 0 Å². The molecule has 1 aliphatic rings. The molecule has 0 saturated carbocycles. The molecular formula is C13H17Cl. The van der Waals surface area contributed by atoms with E-state index < -0.39 is 0 Å². The van der Waals surface area contributed by atoms with Crippen LogP contribution in [0.4, 0.5) is 0 Å². The third-order valence-electron chi connectivity index (χ3n) is 3.28. The van der Waals surface area contributed by atoms with Crippen LogP contribution in [0, 0.1) is 5.92 Å². The van der Waals surface area contributed by atoms with Gasteiger partial charge in [-0.05, 0) is 48.3 Å². The van der Waals surface area contributed by atoms with Crippen LogP contribution in [0.1, 0.15) is 43.7 Å². The Labute approximate surface area is 91.3 Å². The summed E-state index contributed by atoms with van der Waals surface area (Å²) in [6, 6.07) is 6.33. The maximum atomic E-state index is 6.28. The standard InChI is InChI=1S/C13H17Cl/c1-9(2)11-7-3-5-10-6-4-8-12(14)13(10)11/h4,6,8-9,11H,3,5,7H2,1-2H3. The van der Waals surface area contributed by atoms with Gasteiger partial charge in [0.1, 0.15) is 0 Å². The van der Waals surface area contributed by atoms with E-state index in [1.807, 2.05) is 6.07 Å². The molecule has 0 fully saturated rings. The fraction of sp³-hybridized carbons (Fsp3) is 0.538. The van der Waals surface area contributed by atoms with Crippen LogP contribution >= 0.6 is 11.6 Å². The minimum atomic E-state index is 0.674. The van der Waals surface area contributed by atoms with Crippen LogP contribution in [0.3, 0.4) is 0 Å². The van der Waals surface area contributed by atoms with Gasteiger partial charge in [0.25, 0.3) is 0 Å². The SMILES string of the molecule is CC(C)C1CCCc2cccc(Cl)c21. The molecule has 0 heterocycles. The van der Waals surface area contributed by atoms with Gasteiger partial charge in [-0.3, -0.25) is 0 Å². The second-order valence-electron chi connectivity index (χ2n) is 4.56. The zero-order chi connectivity index (χ0) is 10.1. The van der Waals surface area contributed by atoms with Gasteiger partial charge in [0, 0.05) is 5.02 Å². The maximum Gasteiger partial charge on any atom is 0.0443 e. The molecule has 14 heavy (non-hydrogen) atoms. The first-order valence-corrected chi connectivity index (χ1v) is 5.85. The lowest BCUT2D eigenvalue weighted by Crippen LogP contribution is -2.15. The first kappa shape index (κ1) is 10.0. The summed E-state index contributed by atoms with van der Waals surface area (Å²) in [6.07, 6.45) is 3.82. The van der Waals surface area contributed by atoms with E-state index in [0.717, 1.165) is 5.02 Å². The van der Waals surface area contributed by atoms with Crippen molar-refractivity contribution in [2.45, 2.75) is 39.0 Å². The molecule has 0 radical (unpaired) electrons. The minimum absolute atomic E-state index is 0.674. The second kappa shape index (κ2) is 3.94. The van der Waals surface area contributed by atoms with E-state index in [-0.39, 0.29) is 0 Å². The average molecular weight is 209 g/mol. The fourth-order valence-corrected chi connectivity index (χ4v) is 2.87. The Morgan fingerprint density at radius 1 is 1.36 bits per heavy atom. The maximum absolute atomic E-state index is 6.28. The van der Waals surface area contributed by atoms with Crippen molar-refractivity contribution in [3.8, 4) is 0 Å². The van der Waals surface area contributed by atoms with E-state index in [1.165, 1.54) is 30.4 Å². The highest BCUT2D eigenvalue weighted by atomic mass is 35.5. The lowest BCUT2D eigenvalue weighted by molar-refractivity contribution is 0.434. The molecular weight excluding hydrogens is 192 g/mol. The van der Waals surface area contributed by atoms with Crippen molar-refractivity contribution in [1.29, 1.82) is 0 Å². The molecule has 1 aliphatic carbocycles. The van der Waals surface area contributed by atoms with Gasteiger partial charge >= 0.3 is 0 Å². The van der Waals surface area contributed by atoms with Gasteiger partial charge in [-0.1, -0.05) is 37.6 Å². The Morgan fingerprint density at radius 3 is 2.86 bits per heavy atom. The number of fused-ring (bicyclic) bond motifs is 1. The zero-order valence-corrected chi connectivity index (χ0v) is 9.64. The molecule has 0 amide bonds. The van der Waals surface area contributed by atoms with Crippen molar-refractivity contribution in [3.63, 3.8) is 0 Å². The van der Waals surface area contributed by atoms with Crippen molar-refractivity contribution in [1.82, 2.24) is 0 Å². The molecule has 1 unspecified atom stereocenters. The fourth-order valence-electron chi connectivity index (χ4n) is 2.54. The molecule has 0 aliphatic heterocycles. The van der Waals surface area contributed by atoms with Crippen LogP contribution in [0.25, 0.3) is 0 Å². The van der Waals surface area contributed by atoms with Crippen LogP contribution in [0.5, 0.6) is 0 Å². The van der Waals surface area contributed by atoms with E-state index in [0.29, 0.717) is 11.8 Å². The Bertz CT molecular complexity index is 328. The van der Waals surface area contributed by atoms with Crippen molar-refractivity contribution in [3.05, 3.63) is 34.3 Å².